The molecule has 1 aliphatic rings. The minimum atomic E-state index is -0.930. The summed E-state index contributed by atoms with van der Waals surface area (Å²) in [4.78, 5) is 24.5. The van der Waals surface area contributed by atoms with E-state index in [0.717, 1.165) is 0 Å². The predicted molar refractivity (Wildman–Crippen MR) is 92.5 cm³/mol. The molecule has 1 saturated heterocycles. The zero-order valence-electron chi connectivity index (χ0n) is 14.2. The third-order valence-electron chi connectivity index (χ3n) is 4.11. The van der Waals surface area contributed by atoms with Gasteiger partial charge in [0.15, 0.2) is 0 Å². The van der Waals surface area contributed by atoms with Crippen LogP contribution in [0, 0.1) is 5.41 Å². The molecule has 0 bridgehead atoms. The molecule has 2 unspecified atom stereocenters. The Labute approximate surface area is 149 Å². The number of carboxylic acid groups (broad SMARTS) is 1. The van der Waals surface area contributed by atoms with E-state index in [1.54, 1.807) is 18.2 Å². The fourth-order valence-electron chi connectivity index (χ4n) is 3.13. The van der Waals surface area contributed by atoms with E-state index < -0.39 is 12.1 Å². The fraction of sp³-hybridized carbons (Fsp3) is 0.529. The summed E-state index contributed by atoms with van der Waals surface area (Å²) in [6.07, 6.45) is -0.554. The van der Waals surface area contributed by atoms with Gasteiger partial charge in [0, 0.05) is 13.0 Å². The van der Waals surface area contributed by atoms with Crippen molar-refractivity contribution in [2.75, 3.05) is 13.7 Å². The van der Waals surface area contributed by atoms with E-state index in [2.05, 4.69) is 15.9 Å². The minimum absolute atomic E-state index is 0.248. The normalized spacial score (nSPS) is 20.8. The summed E-state index contributed by atoms with van der Waals surface area (Å²) in [5, 5.41) is 9.42. The number of hydrogen-bond donors (Lipinski definition) is 1. The van der Waals surface area contributed by atoms with Gasteiger partial charge in [-0.15, -0.1) is 0 Å². The Morgan fingerprint density at radius 3 is 2.50 bits per heavy atom. The van der Waals surface area contributed by atoms with Crippen molar-refractivity contribution < 1.29 is 24.2 Å². The second kappa shape index (κ2) is 7.01. The molecule has 0 aromatic heterocycles. The van der Waals surface area contributed by atoms with Crippen molar-refractivity contribution in [3.05, 3.63) is 28.2 Å². The lowest BCUT2D eigenvalue weighted by atomic mass is 9.84. The van der Waals surface area contributed by atoms with E-state index in [9.17, 15) is 14.7 Å². The molecule has 1 amide bonds. The first-order valence-corrected chi connectivity index (χ1v) is 8.48. The van der Waals surface area contributed by atoms with Gasteiger partial charge in [-0.1, -0.05) is 20.8 Å². The van der Waals surface area contributed by atoms with E-state index in [1.165, 1.54) is 12.0 Å². The molecule has 1 N–H and O–H groups in total. The van der Waals surface area contributed by atoms with Gasteiger partial charge in [-0.05, 0) is 39.5 Å². The number of hydrogen-bond acceptors (Lipinski definition) is 4. The van der Waals surface area contributed by atoms with Crippen LogP contribution >= 0.6 is 15.9 Å². The number of carbonyl (C=O) groups excluding carboxylic acids is 1. The predicted octanol–water partition coefficient (Wildman–Crippen LogP) is 3.78. The minimum Gasteiger partial charge on any atom is -0.487 e. The van der Waals surface area contributed by atoms with E-state index in [1.807, 2.05) is 20.8 Å². The van der Waals surface area contributed by atoms with E-state index in [4.69, 9.17) is 9.47 Å². The lowest BCUT2D eigenvalue weighted by molar-refractivity contribution is 0.0566. The van der Waals surface area contributed by atoms with Crippen LogP contribution in [0.3, 0.4) is 0 Å². The first-order chi connectivity index (χ1) is 11.1. The van der Waals surface area contributed by atoms with Crippen molar-refractivity contribution in [1.29, 1.82) is 0 Å². The maximum atomic E-state index is 11.6. The second-order valence-electron chi connectivity index (χ2n) is 6.87. The second-order valence-corrected chi connectivity index (χ2v) is 7.72. The Bertz CT molecular complexity index is 640. The first kappa shape index (κ1) is 18.6. The van der Waals surface area contributed by atoms with Crippen LogP contribution in [0.5, 0.6) is 5.75 Å². The molecule has 1 fully saturated rings. The molecule has 2 rings (SSSR count). The van der Waals surface area contributed by atoms with Crippen LogP contribution in [-0.4, -0.2) is 47.9 Å². The Kier molecular flexibility index (Phi) is 5.42. The van der Waals surface area contributed by atoms with Crippen molar-refractivity contribution in [2.45, 2.75) is 39.3 Å². The van der Waals surface area contributed by atoms with Gasteiger partial charge >= 0.3 is 12.1 Å². The molecule has 0 spiro atoms. The molecule has 1 heterocycles. The van der Waals surface area contributed by atoms with Gasteiger partial charge in [0.1, 0.15) is 11.9 Å². The maximum absolute atomic E-state index is 11.6. The summed E-state index contributed by atoms with van der Waals surface area (Å²) in [5.74, 6) is 0.155. The quantitative estimate of drug-likeness (QED) is 0.782. The van der Waals surface area contributed by atoms with Gasteiger partial charge in [0.2, 0.25) is 0 Å². The van der Waals surface area contributed by atoms with Gasteiger partial charge in [-0.2, -0.15) is 0 Å². The summed E-state index contributed by atoms with van der Waals surface area (Å²) < 4.78 is 11.4. The number of carbonyl (C=O) groups is 2. The highest BCUT2D eigenvalue weighted by molar-refractivity contribution is 9.10. The zero-order valence-corrected chi connectivity index (χ0v) is 15.8. The Morgan fingerprint density at radius 1 is 1.33 bits per heavy atom. The average molecular weight is 400 g/mol. The number of esters is 1. The Hall–Kier alpha value is -1.76. The van der Waals surface area contributed by atoms with Crippen LogP contribution in [0.4, 0.5) is 4.79 Å². The molecule has 132 valence electrons. The molecule has 0 saturated carbocycles. The fourth-order valence-corrected chi connectivity index (χ4v) is 3.60. The highest BCUT2D eigenvalue weighted by Gasteiger charge is 2.45. The molecule has 1 aromatic carbocycles. The summed E-state index contributed by atoms with van der Waals surface area (Å²) in [5.41, 5.74) is 0.167. The highest BCUT2D eigenvalue weighted by Crippen LogP contribution is 2.37. The summed E-state index contributed by atoms with van der Waals surface area (Å²) in [7, 11) is 1.33. The standard InChI is InChI=1S/C17H22BrNO5/c1-17(2,3)14-13(7-8-19(14)16(21)22)24-12-6-5-10(9-11(12)18)15(20)23-4/h5-6,9,13-14H,7-8H2,1-4H3,(H,21,22). The SMILES string of the molecule is COC(=O)c1ccc(OC2CCN(C(=O)O)C2C(C)(C)C)c(Br)c1. The molecule has 1 aromatic rings. The van der Waals surface area contributed by atoms with Gasteiger partial charge in [-0.3, -0.25) is 0 Å². The van der Waals surface area contributed by atoms with Crippen molar-refractivity contribution in [2.24, 2.45) is 5.41 Å². The topological polar surface area (TPSA) is 76.1 Å². The van der Waals surface area contributed by atoms with E-state index in [-0.39, 0.29) is 17.6 Å². The third-order valence-corrected chi connectivity index (χ3v) is 4.73. The van der Waals surface area contributed by atoms with Gasteiger partial charge in [0.25, 0.3) is 0 Å². The largest absolute Gasteiger partial charge is 0.487 e. The molecule has 0 aliphatic carbocycles. The Balaban J connectivity index is 2.23. The van der Waals surface area contributed by atoms with Crippen LogP contribution in [-0.2, 0) is 4.74 Å². The number of halogens is 1. The van der Waals surface area contributed by atoms with E-state index in [0.29, 0.717) is 28.8 Å². The molecule has 2 atom stereocenters. The smallest absolute Gasteiger partial charge is 0.407 e. The molecule has 1 aliphatic heterocycles. The van der Waals surface area contributed by atoms with E-state index >= 15 is 0 Å². The number of nitrogens with zero attached hydrogens (tertiary/aromatic N) is 1. The van der Waals surface area contributed by atoms with Gasteiger partial charge < -0.3 is 19.5 Å². The highest BCUT2D eigenvalue weighted by atomic mass is 79.9. The molecule has 6 nitrogen and oxygen atoms in total. The lowest BCUT2D eigenvalue weighted by Gasteiger charge is -2.36. The number of benzene rings is 1. The molecule has 24 heavy (non-hydrogen) atoms. The zero-order chi connectivity index (χ0) is 18.1. The lowest BCUT2D eigenvalue weighted by Crippen LogP contribution is -2.48. The summed E-state index contributed by atoms with van der Waals surface area (Å²) in [6.45, 7) is 6.46. The van der Waals surface area contributed by atoms with Crippen LogP contribution in [0.15, 0.2) is 22.7 Å². The van der Waals surface area contributed by atoms with Gasteiger partial charge in [0.05, 0.1) is 23.2 Å². The summed E-state index contributed by atoms with van der Waals surface area (Å²) >= 11 is 3.40. The number of methoxy groups -OCH3 is 1. The monoisotopic (exact) mass is 399 g/mol. The number of ether oxygens (including phenoxy) is 2. The molecular formula is C17H22BrNO5. The molecule has 7 heteroatoms. The molecular weight excluding hydrogens is 378 g/mol. The van der Waals surface area contributed by atoms with Crippen molar-refractivity contribution in [1.82, 2.24) is 4.90 Å². The summed E-state index contributed by atoms with van der Waals surface area (Å²) in [6, 6.07) is 4.71. The number of rotatable bonds is 3. The van der Waals surface area contributed by atoms with Crippen molar-refractivity contribution in [3.63, 3.8) is 0 Å². The molecule has 0 radical (unpaired) electrons. The van der Waals surface area contributed by atoms with Crippen LogP contribution in [0.25, 0.3) is 0 Å². The Morgan fingerprint density at radius 2 is 2.00 bits per heavy atom. The van der Waals surface area contributed by atoms with Crippen LogP contribution in [0.1, 0.15) is 37.6 Å². The van der Waals surface area contributed by atoms with Crippen LogP contribution < -0.4 is 4.74 Å². The number of likely N-dealkylation sites (tertiary alicyclic amines) is 1. The third kappa shape index (κ3) is 3.83. The van der Waals surface area contributed by atoms with Gasteiger partial charge in [-0.25, -0.2) is 9.59 Å². The maximum Gasteiger partial charge on any atom is 0.407 e. The van der Waals surface area contributed by atoms with Crippen molar-refractivity contribution in [3.8, 4) is 5.75 Å². The first-order valence-electron chi connectivity index (χ1n) is 7.69. The number of amides is 1. The van der Waals surface area contributed by atoms with Crippen LogP contribution in [0.2, 0.25) is 0 Å². The average Bonchev–Trinajstić information content (AvgIpc) is 2.92. The van der Waals surface area contributed by atoms with Crippen molar-refractivity contribution >= 4 is 28.0 Å².